The number of amides is 1. The zero-order chi connectivity index (χ0) is 12.8. The lowest BCUT2D eigenvalue weighted by atomic mass is 10.2. The molecule has 0 N–H and O–H groups in total. The number of benzene rings is 1. The molecule has 0 aliphatic rings. The van der Waals surface area contributed by atoms with Crippen LogP contribution < -0.4 is 0 Å². The average molecular weight is 365 g/mol. The van der Waals surface area contributed by atoms with Gasteiger partial charge < -0.3 is 9.64 Å². The first kappa shape index (κ1) is 14.7. The highest BCUT2D eigenvalue weighted by molar-refractivity contribution is 9.11. The van der Waals surface area contributed by atoms with Gasteiger partial charge in [-0.05, 0) is 24.6 Å². The number of carbonyl (C=O) groups excluding carboxylic acids is 1. The molecule has 0 aliphatic carbocycles. The van der Waals surface area contributed by atoms with Crippen molar-refractivity contribution in [1.82, 2.24) is 4.90 Å². The number of halogens is 2. The zero-order valence-electron chi connectivity index (χ0n) is 9.87. The number of rotatable bonds is 5. The van der Waals surface area contributed by atoms with E-state index in [1.807, 2.05) is 18.2 Å². The molecule has 94 valence electrons. The highest BCUT2D eigenvalue weighted by atomic mass is 79.9. The van der Waals surface area contributed by atoms with E-state index >= 15 is 0 Å². The Morgan fingerprint density at radius 1 is 1.29 bits per heavy atom. The second-order valence-corrected chi connectivity index (χ2v) is 5.56. The first-order valence-corrected chi connectivity index (χ1v) is 6.83. The fraction of sp³-hybridized carbons (Fsp3) is 0.417. The average Bonchev–Trinajstić information content (AvgIpc) is 2.27. The van der Waals surface area contributed by atoms with Crippen LogP contribution in [0.2, 0.25) is 0 Å². The summed E-state index contributed by atoms with van der Waals surface area (Å²) in [4.78, 5) is 13.8. The Labute approximate surface area is 118 Å². The molecule has 0 saturated heterocycles. The van der Waals surface area contributed by atoms with E-state index in [9.17, 15) is 4.79 Å². The fourth-order valence-electron chi connectivity index (χ4n) is 1.45. The Bertz CT molecular complexity index is 376. The summed E-state index contributed by atoms with van der Waals surface area (Å²) in [5.41, 5.74) is 0.672. The second-order valence-electron chi connectivity index (χ2n) is 3.73. The normalized spacial score (nSPS) is 10.4. The number of ether oxygens (including phenoxy) is 1. The molecule has 0 unspecified atom stereocenters. The van der Waals surface area contributed by atoms with Gasteiger partial charge in [-0.25, -0.2) is 0 Å². The van der Waals surface area contributed by atoms with Crippen LogP contribution in [0.15, 0.2) is 27.1 Å². The molecule has 0 spiro atoms. The molecule has 0 atom stereocenters. The van der Waals surface area contributed by atoms with Gasteiger partial charge in [0.25, 0.3) is 5.91 Å². The van der Waals surface area contributed by atoms with Crippen LogP contribution >= 0.6 is 31.9 Å². The Balaban J connectivity index is 2.68. The third kappa shape index (κ3) is 4.77. The van der Waals surface area contributed by atoms with E-state index in [0.29, 0.717) is 18.7 Å². The van der Waals surface area contributed by atoms with E-state index in [4.69, 9.17) is 4.74 Å². The maximum Gasteiger partial charge on any atom is 0.253 e. The Morgan fingerprint density at radius 2 is 1.88 bits per heavy atom. The fourth-order valence-corrected chi connectivity index (χ4v) is 2.74. The van der Waals surface area contributed by atoms with E-state index < -0.39 is 0 Å². The highest BCUT2D eigenvalue weighted by Gasteiger charge is 2.12. The minimum Gasteiger partial charge on any atom is -0.385 e. The third-order valence-corrected chi connectivity index (χ3v) is 3.21. The third-order valence-electron chi connectivity index (χ3n) is 2.30. The molecule has 17 heavy (non-hydrogen) atoms. The summed E-state index contributed by atoms with van der Waals surface area (Å²) in [7, 11) is 3.46. The molecule has 0 radical (unpaired) electrons. The van der Waals surface area contributed by atoms with Crippen molar-refractivity contribution in [3.8, 4) is 0 Å². The topological polar surface area (TPSA) is 29.5 Å². The van der Waals surface area contributed by atoms with Crippen molar-refractivity contribution in [3.05, 3.63) is 32.7 Å². The molecule has 1 rings (SSSR count). The quantitative estimate of drug-likeness (QED) is 0.750. The maximum absolute atomic E-state index is 12.1. The van der Waals surface area contributed by atoms with Crippen molar-refractivity contribution in [2.24, 2.45) is 0 Å². The van der Waals surface area contributed by atoms with Crippen LogP contribution in [0.1, 0.15) is 16.8 Å². The first-order valence-electron chi connectivity index (χ1n) is 5.25. The van der Waals surface area contributed by atoms with Gasteiger partial charge in [-0.2, -0.15) is 0 Å². The summed E-state index contributed by atoms with van der Waals surface area (Å²) in [6.45, 7) is 1.36. The largest absolute Gasteiger partial charge is 0.385 e. The monoisotopic (exact) mass is 363 g/mol. The zero-order valence-corrected chi connectivity index (χ0v) is 13.0. The van der Waals surface area contributed by atoms with Crippen LogP contribution in [0.4, 0.5) is 0 Å². The summed E-state index contributed by atoms with van der Waals surface area (Å²) in [6.07, 6.45) is 0.841. The number of nitrogens with zero attached hydrogens (tertiary/aromatic N) is 1. The van der Waals surface area contributed by atoms with Gasteiger partial charge in [0.2, 0.25) is 0 Å². The molecule has 0 bridgehead atoms. The highest BCUT2D eigenvalue weighted by Crippen LogP contribution is 2.20. The van der Waals surface area contributed by atoms with Crippen molar-refractivity contribution in [1.29, 1.82) is 0 Å². The number of carbonyl (C=O) groups is 1. The Kier molecular flexibility index (Phi) is 6.16. The van der Waals surface area contributed by atoms with Gasteiger partial charge in [0.15, 0.2) is 0 Å². The smallest absolute Gasteiger partial charge is 0.253 e. The number of hydrogen-bond donors (Lipinski definition) is 0. The molecule has 1 aromatic rings. The standard InChI is InChI=1S/C12H15Br2NO2/c1-15(4-3-5-17-2)12(16)9-6-10(13)8-11(14)7-9/h6-8H,3-5H2,1-2H3. The molecule has 5 heteroatoms. The van der Waals surface area contributed by atoms with E-state index in [1.165, 1.54) is 0 Å². The number of hydrogen-bond acceptors (Lipinski definition) is 2. The van der Waals surface area contributed by atoms with Crippen molar-refractivity contribution >= 4 is 37.8 Å². The minimum atomic E-state index is 0.0168. The predicted octanol–water partition coefficient (Wildman–Crippen LogP) is 3.32. The molecule has 3 nitrogen and oxygen atoms in total. The van der Waals surface area contributed by atoms with E-state index in [0.717, 1.165) is 15.4 Å². The van der Waals surface area contributed by atoms with Crippen molar-refractivity contribution in [2.75, 3.05) is 27.3 Å². The molecule has 0 aliphatic heterocycles. The molecule has 1 amide bonds. The molecule has 0 saturated carbocycles. The Morgan fingerprint density at radius 3 is 2.41 bits per heavy atom. The summed E-state index contributed by atoms with van der Waals surface area (Å²) >= 11 is 6.75. The van der Waals surface area contributed by atoms with Crippen molar-refractivity contribution in [2.45, 2.75) is 6.42 Å². The van der Waals surface area contributed by atoms with Crippen LogP contribution in [0, 0.1) is 0 Å². The summed E-state index contributed by atoms with van der Waals surface area (Å²) in [5, 5.41) is 0. The molecule has 0 fully saturated rings. The van der Waals surface area contributed by atoms with Gasteiger partial charge in [-0.1, -0.05) is 31.9 Å². The van der Waals surface area contributed by atoms with Crippen LogP contribution in [0.25, 0.3) is 0 Å². The van der Waals surface area contributed by atoms with E-state index in [1.54, 1.807) is 19.1 Å². The minimum absolute atomic E-state index is 0.0168. The second kappa shape index (κ2) is 7.13. The SMILES string of the molecule is COCCCN(C)C(=O)c1cc(Br)cc(Br)c1. The molecular weight excluding hydrogens is 350 g/mol. The van der Waals surface area contributed by atoms with Crippen LogP contribution in [-0.2, 0) is 4.74 Å². The van der Waals surface area contributed by atoms with Crippen LogP contribution in [0.3, 0.4) is 0 Å². The van der Waals surface area contributed by atoms with Gasteiger partial charge in [-0.3, -0.25) is 4.79 Å². The van der Waals surface area contributed by atoms with Crippen LogP contribution in [-0.4, -0.2) is 38.1 Å². The van der Waals surface area contributed by atoms with Gasteiger partial charge in [0, 0.05) is 41.8 Å². The number of methoxy groups -OCH3 is 1. The van der Waals surface area contributed by atoms with E-state index in [-0.39, 0.29) is 5.91 Å². The first-order chi connectivity index (χ1) is 8.04. The molecule has 0 aromatic heterocycles. The van der Waals surface area contributed by atoms with Crippen LogP contribution in [0.5, 0.6) is 0 Å². The Hall–Kier alpha value is -0.390. The lowest BCUT2D eigenvalue weighted by molar-refractivity contribution is 0.0779. The lowest BCUT2D eigenvalue weighted by Gasteiger charge is -2.17. The maximum atomic E-state index is 12.1. The molecular formula is C12H15Br2NO2. The predicted molar refractivity (Wildman–Crippen MR) is 75.3 cm³/mol. The van der Waals surface area contributed by atoms with Gasteiger partial charge >= 0.3 is 0 Å². The van der Waals surface area contributed by atoms with Crippen molar-refractivity contribution < 1.29 is 9.53 Å². The summed E-state index contributed by atoms with van der Waals surface area (Å²) in [6, 6.07) is 5.54. The summed E-state index contributed by atoms with van der Waals surface area (Å²) in [5.74, 6) is 0.0168. The van der Waals surface area contributed by atoms with Gasteiger partial charge in [0.1, 0.15) is 0 Å². The van der Waals surface area contributed by atoms with E-state index in [2.05, 4.69) is 31.9 Å². The molecule has 0 heterocycles. The molecule has 1 aromatic carbocycles. The van der Waals surface area contributed by atoms with Gasteiger partial charge in [0.05, 0.1) is 0 Å². The summed E-state index contributed by atoms with van der Waals surface area (Å²) < 4.78 is 6.74. The van der Waals surface area contributed by atoms with Gasteiger partial charge in [-0.15, -0.1) is 0 Å². The lowest BCUT2D eigenvalue weighted by Crippen LogP contribution is -2.28. The van der Waals surface area contributed by atoms with Crippen molar-refractivity contribution in [3.63, 3.8) is 0 Å².